The van der Waals surface area contributed by atoms with Crippen molar-refractivity contribution in [3.05, 3.63) is 47.5 Å². The van der Waals surface area contributed by atoms with Crippen LogP contribution in [0.3, 0.4) is 0 Å². The fraction of sp³-hybridized carbons (Fsp3) is 0.462. The van der Waals surface area contributed by atoms with Crippen molar-refractivity contribution in [3.63, 3.8) is 0 Å². The number of rotatable bonds is 7. The van der Waals surface area contributed by atoms with Crippen LogP contribution in [0.15, 0.2) is 42.5 Å². The fourth-order valence-electron chi connectivity index (χ4n) is 4.73. The second kappa shape index (κ2) is 11.6. The summed E-state index contributed by atoms with van der Waals surface area (Å²) in [6.07, 6.45) is 1.55. The maximum Gasteiger partial charge on any atom is 0.238 e. The highest BCUT2D eigenvalue weighted by Gasteiger charge is 2.31. The van der Waals surface area contributed by atoms with Gasteiger partial charge in [-0.2, -0.15) is 0 Å². The zero-order valence-corrected chi connectivity index (χ0v) is 21.1. The van der Waals surface area contributed by atoms with Crippen LogP contribution in [-0.2, 0) is 9.59 Å². The Morgan fingerprint density at radius 3 is 2.26 bits per heavy atom. The second-order valence-corrected chi connectivity index (χ2v) is 9.39. The van der Waals surface area contributed by atoms with E-state index in [1.54, 1.807) is 32.4 Å². The fourth-order valence-corrected chi connectivity index (χ4v) is 4.85. The molecule has 0 spiro atoms. The van der Waals surface area contributed by atoms with Gasteiger partial charge < -0.3 is 24.6 Å². The first-order valence-electron chi connectivity index (χ1n) is 12.0. The average molecular weight is 501 g/mol. The zero-order chi connectivity index (χ0) is 24.8. The van der Waals surface area contributed by atoms with Crippen molar-refractivity contribution < 1.29 is 19.1 Å². The molecule has 0 radical (unpaired) electrons. The molecule has 2 amide bonds. The standard InChI is InChI=1S/C26H33ClN4O4/c1-34-22-7-8-23(24(17-22)35-2)28-25(32)18-29-11-9-19(10-12-29)26(33)31-15-13-30(14-16-31)21-5-3-20(27)4-6-21/h3-8,17,19H,9-16,18H2,1-2H3,(H,28,32). The third-order valence-corrected chi connectivity index (χ3v) is 7.02. The Labute approximate surface area is 211 Å². The number of piperidine rings is 1. The second-order valence-electron chi connectivity index (χ2n) is 8.95. The topological polar surface area (TPSA) is 74.4 Å². The molecule has 2 aliphatic heterocycles. The van der Waals surface area contributed by atoms with Crippen molar-refractivity contribution in [2.24, 2.45) is 5.92 Å². The minimum atomic E-state index is -0.100. The predicted octanol–water partition coefficient (Wildman–Crippen LogP) is 3.36. The molecule has 2 aromatic rings. The summed E-state index contributed by atoms with van der Waals surface area (Å²) in [5.41, 5.74) is 1.75. The van der Waals surface area contributed by atoms with E-state index in [0.717, 1.165) is 62.8 Å². The molecule has 4 rings (SSSR count). The number of methoxy groups -OCH3 is 2. The molecule has 2 aliphatic rings. The minimum absolute atomic E-state index is 0.0260. The van der Waals surface area contributed by atoms with Crippen molar-refractivity contribution in [1.82, 2.24) is 9.80 Å². The van der Waals surface area contributed by atoms with E-state index < -0.39 is 0 Å². The van der Waals surface area contributed by atoms with E-state index in [4.69, 9.17) is 21.1 Å². The van der Waals surface area contributed by atoms with Crippen LogP contribution in [-0.4, -0.2) is 81.6 Å². The average Bonchev–Trinajstić information content (AvgIpc) is 2.89. The Bertz CT molecular complexity index is 1020. The third kappa shape index (κ3) is 6.38. The van der Waals surface area contributed by atoms with Crippen molar-refractivity contribution in [2.45, 2.75) is 12.8 Å². The number of hydrogen-bond acceptors (Lipinski definition) is 6. The summed E-state index contributed by atoms with van der Waals surface area (Å²) in [7, 11) is 3.15. The first-order valence-corrected chi connectivity index (χ1v) is 12.4. The summed E-state index contributed by atoms with van der Waals surface area (Å²) in [6, 6.07) is 13.1. The van der Waals surface area contributed by atoms with Gasteiger partial charge in [0.1, 0.15) is 11.5 Å². The number of anilines is 2. The molecular weight excluding hydrogens is 468 g/mol. The highest BCUT2D eigenvalue weighted by atomic mass is 35.5. The first-order chi connectivity index (χ1) is 17.0. The zero-order valence-electron chi connectivity index (χ0n) is 20.3. The summed E-state index contributed by atoms with van der Waals surface area (Å²) < 4.78 is 10.6. The van der Waals surface area contributed by atoms with Crippen LogP contribution >= 0.6 is 11.6 Å². The van der Waals surface area contributed by atoms with Gasteiger partial charge in [0.2, 0.25) is 11.8 Å². The van der Waals surface area contributed by atoms with Crippen molar-refractivity contribution in [2.75, 3.05) is 70.2 Å². The SMILES string of the molecule is COc1ccc(NC(=O)CN2CCC(C(=O)N3CCN(c4ccc(Cl)cc4)CC3)CC2)c(OC)c1. The third-order valence-electron chi connectivity index (χ3n) is 6.77. The molecule has 2 aromatic carbocycles. The van der Waals surface area contributed by atoms with E-state index >= 15 is 0 Å². The largest absolute Gasteiger partial charge is 0.497 e. The van der Waals surface area contributed by atoms with Gasteiger partial charge >= 0.3 is 0 Å². The van der Waals surface area contributed by atoms with E-state index in [1.807, 2.05) is 29.2 Å². The van der Waals surface area contributed by atoms with Gasteiger partial charge in [-0.1, -0.05) is 11.6 Å². The van der Waals surface area contributed by atoms with Gasteiger partial charge in [-0.25, -0.2) is 0 Å². The number of halogens is 1. The van der Waals surface area contributed by atoms with E-state index in [-0.39, 0.29) is 24.3 Å². The van der Waals surface area contributed by atoms with Gasteiger partial charge in [-0.3, -0.25) is 14.5 Å². The molecule has 0 aliphatic carbocycles. The lowest BCUT2D eigenvalue weighted by atomic mass is 9.95. The highest BCUT2D eigenvalue weighted by Crippen LogP contribution is 2.29. The molecule has 2 fully saturated rings. The number of nitrogens with one attached hydrogen (secondary N) is 1. The monoisotopic (exact) mass is 500 g/mol. The summed E-state index contributed by atoms with van der Waals surface area (Å²) in [6.45, 7) is 4.85. The molecule has 0 bridgehead atoms. The van der Waals surface area contributed by atoms with Gasteiger partial charge in [0, 0.05) is 48.9 Å². The number of amides is 2. The maximum absolute atomic E-state index is 13.1. The van der Waals surface area contributed by atoms with E-state index in [9.17, 15) is 9.59 Å². The summed E-state index contributed by atoms with van der Waals surface area (Å²) in [5, 5.41) is 3.65. The Kier molecular flexibility index (Phi) is 8.36. The molecule has 0 saturated carbocycles. The molecule has 1 N–H and O–H groups in total. The molecule has 8 nitrogen and oxygen atoms in total. The van der Waals surface area contributed by atoms with E-state index in [2.05, 4.69) is 15.1 Å². The molecule has 188 valence electrons. The molecule has 2 heterocycles. The molecule has 9 heteroatoms. The number of benzene rings is 2. The summed E-state index contributed by atoms with van der Waals surface area (Å²) in [4.78, 5) is 32.1. The molecule has 2 saturated heterocycles. The first kappa shape index (κ1) is 25.1. The molecule has 0 unspecified atom stereocenters. The van der Waals surface area contributed by atoms with E-state index in [1.165, 1.54) is 0 Å². The van der Waals surface area contributed by atoms with Crippen molar-refractivity contribution in [1.29, 1.82) is 0 Å². The van der Waals surface area contributed by atoms with Crippen LogP contribution in [0.25, 0.3) is 0 Å². The smallest absolute Gasteiger partial charge is 0.238 e. The molecular formula is C26H33ClN4O4. The lowest BCUT2D eigenvalue weighted by molar-refractivity contribution is -0.137. The van der Waals surface area contributed by atoms with Crippen molar-refractivity contribution in [3.8, 4) is 11.5 Å². The quantitative estimate of drug-likeness (QED) is 0.628. The van der Waals surface area contributed by atoms with Gasteiger partial charge in [-0.15, -0.1) is 0 Å². The number of ether oxygens (including phenoxy) is 2. The summed E-state index contributed by atoms with van der Waals surface area (Å²) >= 11 is 5.99. The van der Waals surface area contributed by atoms with Crippen LogP contribution in [0.4, 0.5) is 11.4 Å². The van der Waals surface area contributed by atoms with Gasteiger partial charge in [0.15, 0.2) is 0 Å². The maximum atomic E-state index is 13.1. The Balaban J connectivity index is 1.21. The number of hydrogen-bond donors (Lipinski definition) is 1. The summed E-state index contributed by atoms with van der Waals surface area (Å²) in [5.74, 6) is 1.39. The number of piperazine rings is 1. The van der Waals surface area contributed by atoms with Crippen LogP contribution < -0.4 is 19.7 Å². The predicted molar refractivity (Wildman–Crippen MR) is 138 cm³/mol. The van der Waals surface area contributed by atoms with Crippen LogP contribution in [0.5, 0.6) is 11.5 Å². The number of carbonyl (C=O) groups is 2. The number of carbonyl (C=O) groups excluding carboxylic acids is 2. The van der Waals surface area contributed by atoms with Gasteiger partial charge in [0.05, 0.1) is 26.5 Å². The Morgan fingerprint density at radius 2 is 1.63 bits per heavy atom. The Hall–Kier alpha value is -2.97. The van der Waals surface area contributed by atoms with Gasteiger partial charge in [-0.05, 0) is 62.3 Å². The molecule has 35 heavy (non-hydrogen) atoms. The molecule has 0 atom stereocenters. The minimum Gasteiger partial charge on any atom is -0.497 e. The number of likely N-dealkylation sites (tertiary alicyclic amines) is 1. The lowest BCUT2D eigenvalue weighted by Crippen LogP contribution is -2.52. The van der Waals surface area contributed by atoms with Crippen molar-refractivity contribution >= 4 is 34.8 Å². The highest BCUT2D eigenvalue weighted by molar-refractivity contribution is 6.30. The van der Waals surface area contributed by atoms with Crippen LogP contribution in [0, 0.1) is 5.92 Å². The molecule has 0 aromatic heterocycles. The normalized spacial score (nSPS) is 17.2. The lowest BCUT2D eigenvalue weighted by Gasteiger charge is -2.39. The Morgan fingerprint density at radius 1 is 0.943 bits per heavy atom. The van der Waals surface area contributed by atoms with E-state index in [0.29, 0.717) is 17.2 Å². The van der Waals surface area contributed by atoms with Crippen LogP contribution in [0.2, 0.25) is 5.02 Å². The number of nitrogens with zero attached hydrogens (tertiary/aromatic N) is 3. The van der Waals surface area contributed by atoms with Crippen LogP contribution in [0.1, 0.15) is 12.8 Å². The van der Waals surface area contributed by atoms with Gasteiger partial charge in [0.25, 0.3) is 0 Å².